The predicted molar refractivity (Wildman–Crippen MR) is 141 cm³/mol. The van der Waals surface area contributed by atoms with Gasteiger partial charge in [-0.25, -0.2) is 8.42 Å². The van der Waals surface area contributed by atoms with E-state index in [0.717, 1.165) is 22.2 Å². The van der Waals surface area contributed by atoms with Crippen LogP contribution >= 0.6 is 0 Å². The van der Waals surface area contributed by atoms with Gasteiger partial charge in [0.2, 0.25) is 21.8 Å². The van der Waals surface area contributed by atoms with Crippen LogP contribution in [0.5, 0.6) is 5.75 Å². The maximum absolute atomic E-state index is 13.7. The van der Waals surface area contributed by atoms with Crippen molar-refractivity contribution in [2.45, 2.75) is 39.8 Å². The quantitative estimate of drug-likeness (QED) is 0.308. The van der Waals surface area contributed by atoms with E-state index in [1.54, 1.807) is 31.2 Å². The van der Waals surface area contributed by atoms with Gasteiger partial charge in [0.15, 0.2) is 0 Å². The van der Waals surface area contributed by atoms with Crippen LogP contribution in [0.25, 0.3) is 0 Å². The molecule has 1 atom stereocenters. The van der Waals surface area contributed by atoms with E-state index in [-0.39, 0.29) is 35.5 Å². The number of nitrogens with one attached hydrogen (secondary N) is 1. The first-order chi connectivity index (χ1) is 17.4. The molecule has 37 heavy (non-hydrogen) atoms. The Morgan fingerprint density at radius 1 is 1.14 bits per heavy atom. The Labute approximate surface area is 217 Å². The highest BCUT2D eigenvalue weighted by molar-refractivity contribution is 7.92. The lowest BCUT2D eigenvalue weighted by Gasteiger charge is -2.33. The van der Waals surface area contributed by atoms with Gasteiger partial charge >= 0.3 is 0 Å². The van der Waals surface area contributed by atoms with Crippen molar-refractivity contribution in [2.24, 2.45) is 5.92 Å². The molecular formula is C25H34N4O7S. The zero-order valence-corrected chi connectivity index (χ0v) is 22.5. The Hall–Kier alpha value is -3.67. The second kappa shape index (κ2) is 13.0. The van der Waals surface area contributed by atoms with Crippen molar-refractivity contribution in [3.05, 3.63) is 64.2 Å². The first-order valence-corrected chi connectivity index (χ1v) is 13.6. The summed E-state index contributed by atoms with van der Waals surface area (Å²) in [5.41, 5.74) is 0.242. The fourth-order valence-corrected chi connectivity index (χ4v) is 4.55. The van der Waals surface area contributed by atoms with Gasteiger partial charge in [-0.05, 0) is 24.0 Å². The zero-order chi connectivity index (χ0) is 27.8. The first kappa shape index (κ1) is 29.6. The van der Waals surface area contributed by atoms with Crippen molar-refractivity contribution < 1.29 is 27.7 Å². The van der Waals surface area contributed by atoms with Crippen LogP contribution in [0, 0.1) is 16.0 Å². The van der Waals surface area contributed by atoms with Crippen LogP contribution in [0.2, 0.25) is 0 Å². The van der Waals surface area contributed by atoms with E-state index in [4.69, 9.17) is 4.74 Å². The molecule has 0 spiro atoms. The van der Waals surface area contributed by atoms with Gasteiger partial charge in [0.25, 0.3) is 5.69 Å². The number of amides is 2. The molecule has 0 fully saturated rings. The largest absolute Gasteiger partial charge is 0.495 e. The molecule has 2 aromatic rings. The lowest BCUT2D eigenvalue weighted by Crippen LogP contribution is -2.52. The van der Waals surface area contributed by atoms with Crippen molar-refractivity contribution >= 4 is 33.2 Å². The zero-order valence-electron chi connectivity index (χ0n) is 21.7. The monoisotopic (exact) mass is 534 g/mol. The smallest absolute Gasteiger partial charge is 0.271 e. The average Bonchev–Trinajstić information content (AvgIpc) is 2.85. The molecule has 202 valence electrons. The Bertz CT molecular complexity index is 1200. The third-order valence-corrected chi connectivity index (χ3v) is 6.71. The number of carbonyl (C=O) groups excluding carboxylic acids is 2. The van der Waals surface area contributed by atoms with Crippen LogP contribution in [0.1, 0.15) is 32.8 Å². The molecule has 0 saturated heterocycles. The Morgan fingerprint density at radius 2 is 1.78 bits per heavy atom. The molecule has 0 saturated carbocycles. The van der Waals surface area contributed by atoms with Crippen LogP contribution in [0.15, 0.2) is 48.5 Å². The van der Waals surface area contributed by atoms with Gasteiger partial charge in [0, 0.05) is 25.2 Å². The van der Waals surface area contributed by atoms with E-state index >= 15 is 0 Å². The minimum absolute atomic E-state index is 0.0418. The molecule has 1 N–H and O–H groups in total. The van der Waals surface area contributed by atoms with E-state index in [2.05, 4.69) is 5.32 Å². The number of carbonyl (C=O) groups is 2. The summed E-state index contributed by atoms with van der Waals surface area (Å²) in [6.07, 6.45) is 1.19. The number of nitrogens with zero attached hydrogens (tertiary/aromatic N) is 3. The number of nitro benzene ring substituents is 1. The molecule has 2 aromatic carbocycles. The molecule has 2 rings (SSSR count). The topological polar surface area (TPSA) is 139 Å². The van der Waals surface area contributed by atoms with Gasteiger partial charge in [-0.3, -0.25) is 24.0 Å². The maximum Gasteiger partial charge on any atom is 0.271 e. The lowest BCUT2D eigenvalue weighted by molar-refractivity contribution is -0.384. The molecule has 12 heteroatoms. The minimum Gasteiger partial charge on any atom is -0.495 e. The number of anilines is 1. The standard InChI is InChI=1S/C25H34N4O7S/c1-6-21(25(31)26-15-18(2)3)27(16-19-10-8-7-9-11-19)24(30)17-28(37(5,34)35)22-14-20(29(32)33)12-13-23(22)36-4/h7-14,18,21H,6,15-17H2,1-5H3,(H,26,31). The van der Waals surface area contributed by atoms with Crippen molar-refractivity contribution in [1.82, 2.24) is 10.2 Å². The molecule has 0 bridgehead atoms. The fourth-order valence-electron chi connectivity index (χ4n) is 3.70. The van der Waals surface area contributed by atoms with Gasteiger partial charge in [0.1, 0.15) is 24.0 Å². The van der Waals surface area contributed by atoms with E-state index in [1.807, 2.05) is 19.9 Å². The first-order valence-electron chi connectivity index (χ1n) is 11.8. The molecule has 0 aliphatic rings. The summed E-state index contributed by atoms with van der Waals surface area (Å²) in [6, 6.07) is 11.7. The summed E-state index contributed by atoms with van der Waals surface area (Å²) >= 11 is 0. The van der Waals surface area contributed by atoms with Gasteiger partial charge < -0.3 is 15.0 Å². The molecule has 0 heterocycles. The van der Waals surface area contributed by atoms with Crippen molar-refractivity contribution in [3.63, 3.8) is 0 Å². The summed E-state index contributed by atoms with van der Waals surface area (Å²) in [4.78, 5) is 38.8. The van der Waals surface area contributed by atoms with E-state index in [9.17, 15) is 28.1 Å². The summed E-state index contributed by atoms with van der Waals surface area (Å²) < 4.78 is 31.6. The van der Waals surface area contributed by atoms with Gasteiger partial charge in [-0.15, -0.1) is 0 Å². The summed E-state index contributed by atoms with van der Waals surface area (Å²) in [6.45, 7) is 5.47. The Kier molecular flexibility index (Phi) is 10.4. The maximum atomic E-state index is 13.7. The highest BCUT2D eigenvalue weighted by atomic mass is 32.2. The van der Waals surface area contributed by atoms with E-state index in [1.165, 1.54) is 24.1 Å². The Morgan fingerprint density at radius 3 is 2.30 bits per heavy atom. The summed E-state index contributed by atoms with van der Waals surface area (Å²) in [5.74, 6) is -0.754. The summed E-state index contributed by atoms with van der Waals surface area (Å²) in [7, 11) is -2.79. The number of hydrogen-bond acceptors (Lipinski definition) is 7. The minimum atomic E-state index is -4.09. The van der Waals surface area contributed by atoms with Crippen molar-refractivity contribution in [2.75, 3.05) is 30.8 Å². The SMILES string of the molecule is CCC(C(=O)NCC(C)C)N(Cc1ccccc1)C(=O)CN(c1cc([N+](=O)[O-])ccc1OC)S(C)(=O)=O. The fraction of sp³-hybridized carbons (Fsp3) is 0.440. The molecule has 1 unspecified atom stereocenters. The third-order valence-electron chi connectivity index (χ3n) is 5.59. The van der Waals surface area contributed by atoms with Crippen LogP contribution in [0.4, 0.5) is 11.4 Å². The van der Waals surface area contributed by atoms with Crippen LogP contribution < -0.4 is 14.4 Å². The van der Waals surface area contributed by atoms with E-state index in [0.29, 0.717) is 13.0 Å². The van der Waals surface area contributed by atoms with Gasteiger partial charge in [0.05, 0.1) is 18.3 Å². The summed E-state index contributed by atoms with van der Waals surface area (Å²) in [5, 5.41) is 14.2. The number of non-ortho nitro benzene ring substituents is 1. The molecule has 0 aromatic heterocycles. The molecule has 0 aliphatic carbocycles. The van der Waals surface area contributed by atoms with Crippen LogP contribution in [-0.4, -0.2) is 62.6 Å². The number of rotatable bonds is 13. The number of ether oxygens (including phenoxy) is 1. The third kappa shape index (κ3) is 8.17. The van der Waals surface area contributed by atoms with Crippen molar-refractivity contribution in [1.29, 1.82) is 0 Å². The lowest BCUT2D eigenvalue weighted by atomic mass is 10.1. The second-order valence-electron chi connectivity index (χ2n) is 8.95. The number of nitro groups is 1. The Balaban J connectivity index is 2.52. The van der Waals surface area contributed by atoms with E-state index < -0.39 is 33.4 Å². The number of sulfonamides is 1. The molecule has 11 nitrogen and oxygen atoms in total. The van der Waals surface area contributed by atoms with Crippen LogP contribution in [0.3, 0.4) is 0 Å². The number of hydrogen-bond donors (Lipinski definition) is 1. The highest BCUT2D eigenvalue weighted by Gasteiger charge is 2.33. The second-order valence-corrected chi connectivity index (χ2v) is 10.9. The van der Waals surface area contributed by atoms with Crippen molar-refractivity contribution in [3.8, 4) is 5.75 Å². The normalized spacial score (nSPS) is 12.1. The predicted octanol–water partition coefficient (Wildman–Crippen LogP) is 2.95. The molecule has 0 radical (unpaired) electrons. The van der Waals surface area contributed by atoms with Gasteiger partial charge in [-0.1, -0.05) is 51.1 Å². The highest BCUT2D eigenvalue weighted by Crippen LogP contribution is 2.34. The molecular weight excluding hydrogens is 500 g/mol. The van der Waals surface area contributed by atoms with Gasteiger partial charge in [-0.2, -0.15) is 0 Å². The average molecular weight is 535 g/mol. The van der Waals surface area contributed by atoms with Crippen LogP contribution in [-0.2, 0) is 26.2 Å². The number of benzene rings is 2. The molecule has 2 amide bonds. The molecule has 0 aliphatic heterocycles. The number of methoxy groups -OCH3 is 1.